The molecule has 0 saturated heterocycles. The summed E-state index contributed by atoms with van der Waals surface area (Å²) in [7, 11) is 1.56. The molecule has 1 rings (SSSR count). The quantitative estimate of drug-likeness (QED) is 0.614. The van der Waals surface area contributed by atoms with Gasteiger partial charge < -0.3 is 16.4 Å². The molecule has 4 N–H and O–H groups in total. The second-order valence-corrected chi connectivity index (χ2v) is 3.86. The van der Waals surface area contributed by atoms with Gasteiger partial charge in [-0.3, -0.25) is 14.6 Å². The maximum absolute atomic E-state index is 11.4. The van der Waals surface area contributed by atoms with Gasteiger partial charge in [0.05, 0.1) is 0 Å². The first-order valence-corrected chi connectivity index (χ1v) is 5.84. The SMILES string of the molecule is CNC(=O)c1cc(NCCCCC(N)=O)ccn1. The summed E-state index contributed by atoms with van der Waals surface area (Å²) in [6, 6.07) is 3.48. The highest BCUT2D eigenvalue weighted by molar-refractivity contribution is 5.92. The Morgan fingerprint density at radius 2 is 2.17 bits per heavy atom. The van der Waals surface area contributed by atoms with E-state index in [2.05, 4.69) is 15.6 Å². The third-order valence-electron chi connectivity index (χ3n) is 2.40. The second kappa shape index (κ2) is 7.26. The Balaban J connectivity index is 2.38. The Hall–Kier alpha value is -2.11. The minimum Gasteiger partial charge on any atom is -0.385 e. The van der Waals surface area contributed by atoms with E-state index >= 15 is 0 Å². The fraction of sp³-hybridized carbons (Fsp3) is 0.417. The molecule has 0 aliphatic heterocycles. The predicted molar refractivity (Wildman–Crippen MR) is 69.2 cm³/mol. The fourth-order valence-electron chi connectivity index (χ4n) is 1.45. The molecule has 6 heteroatoms. The van der Waals surface area contributed by atoms with E-state index in [-0.39, 0.29) is 11.8 Å². The first-order chi connectivity index (χ1) is 8.63. The Labute approximate surface area is 106 Å². The normalized spacial score (nSPS) is 9.83. The van der Waals surface area contributed by atoms with Crippen molar-refractivity contribution in [3.63, 3.8) is 0 Å². The number of primary amides is 1. The molecule has 1 heterocycles. The number of nitrogens with two attached hydrogens (primary N) is 1. The van der Waals surface area contributed by atoms with Crippen LogP contribution < -0.4 is 16.4 Å². The van der Waals surface area contributed by atoms with Crippen molar-refractivity contribution in [3.05, 3.63) is 24.0 Å². The zero-order valence-corrected chi connectivity index (χ0v) is 10.4. The van der Waals surface area contributed by atoms with Crippen LogP contribution in [0.15, 0.2) is 18.3 Å². The summed E-state index contributed by atoms with van der Waals surface area (Å²) in [5.74, 6) is -0.492. The van der Waals surface area contributed by atoms with Crippen molar-refractivity contribution in [2.45, 2.75) is 19.3 Å². The summed E-state index contributed by atoms with van der Waals surface area (Å²) in [6.07, 6.45) is 3.59. The van der Waals surface area contributed by atoms with Crippen LogP contribution in [0.4, 0.5) is 5.69 Å². The number of nitrogens with zero attached hydrogens (tertiary/aromatic N) is 1. The third-order valence-corrected chi connectivity index (χ3v) is 2.40. The smallest absolute Gasteiger partial charge is 0.269 e. The molecule has 0 aliphatic rings. The van der Waals surface area contributed by atoms with Gasteiger partial charge in [-0.15, -0.1) is 0 Å². The first-order valence-electron chi connectivity index (χ1n) is 5.84. The number of hydrogen-bond donors (Lipinski definition) is 3. The third kappa shape index (κ3) is 4.82. The molecule has 0 fully saturated rings. The number of hydrogen-bond acceptors (Lipinski definition) is 4. The highest BCUT2D eigenvalue weighted by Gasteiger charge is 2.04. The van der Waals surface area contributed by atoms with Crippen molar-refractivity contribution >= 4 is 17.5 Å². The van der Waals surface area contributed by atoms with Crippen LogP contribution in [0.5, 0.6) is 0 Å². The van der Waals surface area contributed by atoms with E-state index in [4.69, 9.17) is 5.73 Å². The monoisotopic (exact) mass is 250 g/mol. The maximum atomic E-state index is 11.4. The first kappa shape index (κ1) is 14.0. The molecule has 0 atom stereocenters. The van der Waals surface area contributed by atoms with Crippen molar-refractivity contribution in [1.29, 1.82) is 0 Å². The molecule has 1 aromatic heterocycles. The van der Waals surface area contributed by atoms with E-state index in [9.17, 15) is 9.59 Å². The molecule has 0 bridgehead atoms. The molecule has 18 heavy (non-hydrogen) atoms. The van der Waals surface area contributed by atoms with Crippen molar-refractivity contribution < 1.29 is 9.59 Å². The van der Waals surface area contributed by atoms with E-state index < -0.39 is 0 Å². The molecule has 1 aromatic rings. The topological polar surface area (TPSA) is 97.1 Å². The molecule has 0 spiro atoms. The van der Waals surface area contributed by atoms with Gasteiger partial charge in [0.1, 0.15) is 5.69 Å². The summed E-state index contributed by atoms with van der Waals surface area (Å²) in [4.78, 5) is 25.9. The largest absolute Gasteiger partial charge is 0.385 e. The Morgan fingerprint density at radius 3 is 2.83 bits per heavy atom. The number of carbonyl (C=O) groups is 2. The number of aromatic nitrogens is 1. The van der Waals surface area contributed by atoms with Crippen LogP contribution in [0.1, 0.15) is 29.8 Å². The van der Waals surface area contributed by atoms with Gasteiger partial charge >= 0.3 is 0 Å². The van der Waals surface area contributed by atoms with E-state index in [0.717, 1.165) is 25.1 Å². The number of anilines is 1. The van der Waals surface area contributed by atoms with Crippen LogP contribution >= 0.6 is 0 Å². The molecule has 0 aliphatic carbocycles. The molecule has 6 nitrogen and oxygen atoms in total. The molecular weight excluding hydrogens is 232 g/mol. The Morgan fingerprint density at radius 1 is 1.39 bits per heavy atom. The average molecular weight is 250 g/mol. The number of pyridine rings is 1. The summed E-state index contributed by atoms with van der Waals surface area (Å²) in [5.41, 5.74) is 6.25. The van der Waals surface area contributed by atoms with Gasteiger partial charge in [-0.05, 0) is 25.0 Å². The number of unbranched alkanes of at least 4 members (excludes halogenated alkanes) is 1. The second-order valence-electron chi connectivity index (χ2n) is 3.86. The minimum absolute atomic E-state index is 0.215. The standard InChI is InChI=1S/C12H18N4O2/c1-14-12(18)10-8-9(5-7-16-10)15-6-3-2-4-11(13)17/h5,7-8H,2-4,6H2,1H3,(H2,13,17)(H,14,18)(H,15,16). The van der Waals surface area contributed by atoms with E-state index in [1.54, 1.807) is 25.4 Å². The highest BCUT2D eigenvalue weighted by Crippen LogP contribution is 2.08. The van der Waals surface area contributed by atoms with E-state index in [0.29, 0.717) is 12.1 Å². The van der Waals surface area contributed by atoms with Gasteiger partial charge in [-0.25, -0.2) is 0 Å². The van der Waals surface area contributed by atoms with Crippen LogP contribution in [0.2, 0.25) is 0 Å². The minimum atomic E-state index is -0.277. The summed E-state index contributed by atoms with van der Waals surface area (Å²) in [5, 5.41) is 5.68. The summed E-state index contributed by atoms with van der Waals surface area (Å²) in [6.45, 7) is 0.727. The van der Waals surface area contributed by atoms with E-state index in [1.165, 1.54) is 0 Å². The maximum Gasteiger partial charge on any atom is 0.269 e. The van der Waals surface area contributed by atoms with Crippen molar-refractivity contribution in [2.24, 2.45) is 5.73 Å². The number of amides is 2. The lowest BCUT2D eigenvalue weighted by atomic mass is 10.2. The van der Waals surface area contributed by atoms with E-state index in [1.807, 2.05) is 0 Å². The highest BCUT2D eigenvalue weighted by atomic mass is 16.2. The Kier molecular flexibility index (Phi) is 5.63. The zero-order chi connectivity index (χ0) is 13.4. The predicted octanol–water partition coefficient (Wildman–Crippen LogP) is 0.509. The van der Waals surface area contributed by atoms with Gasteiger partial charge in [0.25, 0.3) is 5.91 Å². The molecule has 2 amide bonds. The van der Waals surface area contributed by atoms with Crippen LogP contribution in [-0.2, 0) is 4.79 Å². The summed E-state index contributed by atoms with van der Waals surface area (Å²) >= 11 is 0. The Bertz CT molecular complexity index is 420. The van der Waals surface area contributed by atoms with Gasteiger partial charge in [-0.1, -0.05) is 0 Å². The van der Waals surface area contributed by atoms with Crippen LogP contribution in [0.3, 0.4) is 0 Å². The van der Waals surface area contributed by atoms with Gasteiger partial charge in [0.2, 0.25) is 5.91 Å². The molecule has 0 aromatic carbocycles. The fourth-order valence-corrected chi connectivity index (χ4v) is 1.45. The summed E-state index contributed by atoms with van der Waals surface area (Å²) < 4.78 is 0. The molecule has 0 saturated carbocycles. The molecule has 98 valence electrons. The lowest BCUT2D eigenvalue weighted by molar-refractivity contribution is -0.118. The lowest BCUT2D eigenvalue weighted by Gasteiger charge is -2.07. The average Bonchev–Trinajstić information content (AvgIpc) is 2.37. The lowest BCUT2D eigenvalue weighted by Crippen LogP contribution is -2.19. The van der Waals surface area contributed by atoms with Gasteiger partial charge in [0, 0.05) is 31.9 Å². The van der Waals surface area contributed by atoms with Crippen molar-refractivity contribution in [2.75, 3.05) is 18.9 Å². The number of nitrogens with one attached hydrogen (secondary N) is 2. The van der Waals surface area contributed by atoms with Crippen LogP contribution in [-0.4, -0.2) is 30.4 Å². The number of carbonyl (C=O) groups excluding carboxylic acids is 2. The number of rotatable bonds is 7. The zero-order valence-electron chi connectivity index (χ0n) is 10.4. The van der Waals surface area contributed by atoms with Gasteiger partial charge in [0.15, 0.2) is 0 Å². The molecular formula is C12H18N4O2. The van der Waals surface area contributed by atoms with Crippen molar-refractivity contribution in [3.8, 4) is 0 Å². The molecule has 0 radical (unpaired) electrons. The van der Waals surface area contributed by atoms with Crippen molar-refractivity contribution in [1.82, 2.24) is 10.3 Å². The van der Waals surface area contributed by atoms with Gasteiger partial charge in [-0.2, -0.15) is 0 Å². The molecule has 0 unspecified atom stereocenters. The van der Waals surface area contributed by atoms with Crippen LogP contribution in [0.25, 0.3) is 0 Å². The van der Waals surface area contributed by atoms with Crippen LogP contribution in [0, 0.1) is 0 Å².